The Morgan fingerprint density at radius 1 is 1.16 bits per heavy atom. The van der Waals surface area contributed by atoms with Gasteiger partial charge in [-0.25, -0.2) is 4.98 Å². The second-order valence-corrected chi connectivity index (χ2v) is 6.91. The van der Waals surface area contributed by atoms with Crippen LogP contribution in [0.4, 0.5) is 13.2 Å². The molecule has 168 valence electrons. The van der Waals surface area contributed by atoms with Crippen LogP contribution in [-0.2, 0) is 22.3 Å². The summed E-state index contributed by atoms with van der Waals surface area (Å²) >= 11 is 0. The van der Waals surface area contributed by atoms with E-state index in [0.29, 0.717) is 30.8 Å². The number of halogens is 3. The Hall–Kier alpha value is -3.01. The van der Waals surface area contributed by atoms with Gasteiger partial charge in [-0.3, -0.25) is 14.6 Å². The number of hydrogen-bond acceptors (Lipinski definition) is 5. The molecular weight excluding hydrogens is 413 g/mol. The lowest BCUT2D eigenvalue weighted by atomic mass is 10.1. The second kappa shape index (κ2) is 11.4. The molecule has 0 saturated carbocycles. The number of rotatable bonds is 10. The lowest BCUT2D eigenvalue weighted by Crippen LogP contribution is -2.36. The molecule has 0 unspecified atom stereocenters. The summed E-state index contributed by atoms with van der Waals surface area (Å²) in [6, 6.07) is 4.77. The number of ether oxygens (including phenoxy) is 1. The molecule has 1 aromatic heterocycles. The molecule has 31 heavy (non-hydrogen) atoms. The molecule has 0 aliphatic rings. The third kappa shape index (κ3) is 7.97. The highest BCUT2D eigenvalue weighted by Gasteiger charge is 2.30. The van der Waals surface area contributed by atoms with E-state index in [4.69, 9.17) is 4.74 Å². The average molecular weight is 438 g/mol. The van der Waals surface area contributed by atoms with Crippen molar-refractivity contribution in [2.45, 2.75) is 32.5 Å². The van der Waals surface area contributed by atoms with Crippen molar-refractivity contribution in [2.24, 2.45) is 0 Å². The Morgan fingerprint density at radius 2 is 1.94 bits per heavy atom. The molecule has 0 aliphatic heterocycles. The van der Waals surface area contributed by atoms with Crippen molar-refractivity contribution in [1.29, 1.82) is 0 Å². The highest BCUT2D eigenvalue weighted by atomic mass is 19.4. The minimum Gasteiger partial charge on any atom is -0.385 e. The fraction of sp³-hybridized carbons (Fsp3) is 0.429. The Labute approximate surface area is 178 Å². The van der Waals surface area contributed by atoms with E-state index >= 15 is 0 Å². The minimum absolute atomic E-state index is 0.00300. The van der Waals surface area contributed by atoms with E-state index in [-0.39, 0.29) is 37.0 Å². The van der Waals surface area contributed by atoms with Crippen LogP contribution in [0.25, 0.3) is 0 Å². The Bertz CT molecular complexity index is 873. The number of aryl methyl sites for hydroxylation is 1. The SMILES string of the molecule is COCCCN(CCC(=O)NCc1cccc(C(F)(F)F)c1)C(=O)c1cnc(C)cn1. The number of carbonyl (C=O) groups is 2. The van der Waals surface area contributed by atoms with Gasteiger partial charge in [-0.2, -0.15) is 13.2 Å². The zero-order chi connectivity index (χ0) is 22.9. The maximum atomic E-state index is 12.8. The number of benzene rings is 1. The average Bonchev–Trinajstić information content (AvgIpc) is 2.74. The van der Waals surface area contributed by atoms with Crippen molar-refractivity contribution in [1.82, 2.24) is 20.2 Å². The fourth-order valence-corrected chi connectivity index (χ4v) is 2.76. The van der Waals surface area contributed by atoms with E-state index in [9.17, 15) is 22.8 Å². The van der Waals surface area contributed by atoms with Crippen molar-refractivity contribution in [2.75, 3.05) is 26.8 Å². The van der Waals surface area contributed by atoms with Crippen LogP contribution < -0.4 is 5.32 Å². The van der Waals surface area contributed by atoms with E-state index < -0.39 is 11.7 Å². The molecule has 0 atom stereocenters. The van der Waals surface area contributed by atoms with E-state index in [1.807, 2.05) is 0 Å². The van der Waals surface area contributed by atoms with Crippen LogP contribution in [0.2, 0.25) is 0 Å². The third-order valence-electron chi connectivity index (χ3n) is 4.42. The highest BCUT2D eigenvalue weighted by molar-refractivity contribution is 5.92. The van der Waals surface area contributed by atoms with Gasteiger partial charge in [0.25, 0.3) is 5.91 Å². The maximum absolute atomic E-state index is 12.8. The number of methoxy groups -OCH3 is 1. The summed E-state index contributed by atoms with van der Waals surface area (Å²) in [5.41, 5.74) is 0.420. The number of hydrogen-bond donors (Lipinski definition) is 1. The van der Waals surface area contributed by atoms with Gasteiger partial charge in [0, 0.05) is 46.0 Å². The maximum Gasteiger partial charge on any atom is 0.416 e. The first-order chi connectivity index (χ1) is 14.7. The van der Waals surface area contributed by atoms with E-state index in [1.54, 1.807) is 14.0 Å². The van der Waals surface area contributed by atoms with E-state index in [1.165, 1.54) is 29.4 Å². The fourth-order valence-electron chi connectivity index (χ4n) is 2.76. The van der Waals surface area contributed by atoms with Gasteiger partial charge in [0.15, 0.2) is 0 Å². The standard InChI is InChI=1S/C21H25F3N4O3/c1-15-12-26-18(14-25-15)20(30)28(8-4-10-31-2)9-7-19(29)27-13-16-5-3-6-17(11-16)21(22,23)24/h3,5-6,11-12,14H,4,7-10,13H2,1-2H3,(H,27,29). The molecule has 2 rings (SSSR count). The number of nitrogens with one attached hydrogen (secondary N) is 1. The summed E-state index contributed by atoms with van der Waals surface area (Å²) < 4.78 is 43.4. The zero-order valence-electron chi connectivity index (χ0n) is 17.4. The van der Waals surface area contributed by atoms with E-state index in [0.717, 1.165) is 12.1 Å². The lowest BCUT2D eigenvalue weighted by molar-refractivity contribution is -0.137. The zero-order valence-corrected chi connectivity index (χ0v) is 17.4. The molecule has 0 saturated heterocycles. The first kappa shape index (κ1) is 24.3. The lowest BCUT2D eigenvalue weighted by Gasteiger charge is -2.22. The minimum atomic E-state index is -4.44. The molecule has 0 fully saturated rings. The second-order valence-electron chi connectivity index (χ2n) is 6.91. The van der Waals surface area contributed by atoms with Crippen LogP contribution >= 0.6 is 0 Å². The Balaban J connectivity index is 1.93. The predicted octanol–water partition coefficient (Wildman–Crippen LogP) is 2.99. The third-order valence-corrected chi connectivity index (χ3v) is 4.42. The van der Waals surface area contributed by atoms with Gasteiger partial charge in [-0.05, 0) is 31.0 Å². The smallest absolute Gasteiger partial charge is 0.385 e. The van der Waals surface area contributed by atoms with Crippen molar-refractivity contribution in [3.05, 3.63) is 59.2 Å². The van der Waals surface area contributed by atoms with Crippen LogP contribution in [0.3, 0.4) is 0 Å². The summed E-state index contributed by atoms with van der Waals surface area (Å²) in [6.45, 7) is 2.66. The monoisotopic (exact) mass is 438 g/mol. The van der Waals surface area contributed by atoms with Gasteiger partial charge in [-0.15, -0.1) is 0 Å². The van der Waals surface area contributed by atoms with Crippen LogP contribution in [0, 0.1) is 6.92 Å². The Morgan fingerprint density at radius 3 is 2.58 bits per heavy atom. The van der Waals surface area contributed by atoms with Crippen LogP contribution in [-0.4, -0.2) is 53.5 Å². The van der Waals surface area contributed by atoms with Crippen molar-refractivity contribution >= 4 is 11.8 Å². The van der Waals surface area contributed by atoms with Crippen molar-refractivity contribution < 1.29 is 27.5 Å². The topological polar surface area (TPSA) is 84.4 Å². The first-order valence-corrected chi connectivity index (χ1v) is 9.70. The molecule has 1 heterocycles. The van der Waals surface area contributed by atoms with Crippen LogP contribution in [0.15, 0.2) is 36.7 Å². The molecule has 0 spiro atoms. The summed E-state index contributed by atoms with van der Waals surface area (Å²) in [5, 5.41) is 2.59. The molecule has 1 N–H and O–H groups in total. The van der Waals surface area contributed by atoms with Gasteiger partial charge in [0.2, 0.25) is 5.91 Å². The number of alkyl halides is 3. The summed E-state index contributed by atoms with van der Waals surface area (Å²) in [4.78, 5) is 34.6. The quantitative estimate of drug-likeness (QED) is 0.577. The van der Waals surface area contributed by atoms with Crippen LogP contribution in [0.1, 0.15) is 40.2 Å². The number of nitrogens with zero attached hydrogens (tertiary/aromatic N) is 3. The molecule has 0 radical (unpaired) electrons. The van der Waals surface area contributed by atoms with Crippen molar-refractivity contribution in [3.63, 3.8) is 0 Å². The molecule has 2 aromatic rings. The predicted molar refractivity (Wildman–Crippen MR) is 107 cm³/mol. The molecule has 0 aliphatic carbocycles. The molecule has 0 bridgehead atoms. The van der Waals surface area contributed by atoms with Gasteiger partial charge < -0.3 is 15.0 Å². The van der Waals surface area contributed by atoms with Crippen molar-refractivity contribution in [3.8, 4) is 0 Å². The van der Waals surface area contributed by atoms with Gasteiger partial charge >= 0.3 is 6.18 Å². The summed E-state index contributed by atoms with van der Waals surface area (Å²) in [7, 11) is 1.55. The van der Waals surface area contributed by atoms with Crippen LogP contribution in [0.5, 0.6) is 0 Å². The molecule has 10 heteroatoms. The van der Waals surface area contributed by atoms with Gasteiger partial charge in [-0.1, -0.05) is 12.1 Å². The molecule has 7 nitrogen and oxygen atoms in total. The number of aromatic nitrogens is 2. The van der Waals surface area contributed by atoms with Gasteiger partial charge in [0.05, 0.1) is 17.5 Å². The Kier molecular flexibility index (Phi) is 8.92. The molecule has 2 amide bonds. The summed E-state index contributed by atoms with van der Waals surface area (Å²) in [5.74, 6) is -0.730. The molecular formula is C21H25F3N4O3. The van der Waals surface area contributed by atoms with E-state index in [2.05, 4.69) is 15.3 Å². The normalized spacial score (nSPS) is 11.3. The highest BCUT2D eigenvalue weighted by Crippen LogP contribution is 2.29. The first-order valence-electron chi connectivity index (χ1n) is 9.70. The number of carbonyl (C=O) groups excluding carboxylic acids is 2. The number of amides is 2. The summed E-state index contributed by atoms with van der Waals surface area (Å²) in [6.07, 6.45) is -0.997. The largest absolute Gasteiger partial charge is 0.416 e. The van der Waals surface area contributed by atoms with Gasteiger partial charge in [0.1, 0.15) is 5.69 Å². The molecule has 1 aromatic carbocycles.